The predicted molar refractivity (Wildman–Crippen MR) is 296 cm³/mol. The van der Waals surface area contributed by atoms with Gasteiger partial charge in [0.25, 0.3) is 10.1 Å². The third-order valence-electron chi connectivity index (χ3n) is 7.71. The van der Waals surface area contributed by atoms with Gasteiger partial charge in [-0.2, -0.15) is 63.3 Å². The van der Waals surface area contributed by atoms with Crippen LogP contribution >= 0.6 is 22.3 Å². The number of allylic oxidation sites excluding steroid dienone is 2. The van der Waals surface area contributed by atoms with Crippen molar-refractivity contribution in [2.45, 2.75) is 98.9 Å². The topological polar surface area (TPSA) is 478 Å². The number of aromatic nitrogens is 10. The van der Waals surface area contributed by atoms with Gasteiger partial charge in [0.15, 0.2) is 0 Å². The molecule has 0 aliphatic rings. The van der Waals surface area contributed by atoms with Gasteiger partial charge in [0.05, 0.1) is 108 Å². The monoisotopic (exact) mass is 1350 g/mol. The summed E-state index contributed by atoms with van der Waals surface area (Å²) in [6, 6.07) is 0. The predicted octanol–water partition coefficient (Wildman–Crippen LogP) is -0.151. The molecule has 88 heavy (non-hydrogen) atoms. The summed E-state index contributed by atoms with van der Waals surface area (Å²) in [4.78, 5) is 121. The maximum absolute atomic E-state index is 10.8. The van der Waals surface area contributed by atoms with Gasteiger partial charge in [0, 0.05) is 41.7 Å². The smallest absolute Gasteiger partial charge is 0.507 e. The van der Waals surface area contributed by atoms with Crippen LogP contribution in [0.2, 0.25) is 5.15 Å². The largest absolute Gasteiger partial charge is 1.00 e. The van der Waals surface area contributed by atoms with Crippen molar-refractivity contribution in [1.29, 1.82) is 0 Å². The number of hydrogen-bond acceptors (Lipinski definition) is 30. The van der Waals surface area contributed by atoms with E-state index in [-0.39, 0.29) is 108 Å². The van der Waals surface area contributed by atoms with Crippen LogP contribution in [0.4, 0.5) is 12.9 Å². The molecule has 5 rings (SSSR count). The summed E-state index contributed by atoms with van der Waals surface area (Å²) in [5.41, 5.74) is 3.08. The molecule has 0 aliphatic heterocycles. The zero-order chi connectivity index (χ0) is 70.1. The van der Waals surface area contributed by atoms with Gasteiger partial charge < -0.3 is 31.6 Å². The number of aliphatic hydroxyl groups is 5. The second-order valence-corrected chi connectivity index (χ2v) is 20.7. The van der Waals surface area contributed by atoms with Crippen LogP contribution in [-0.2, 0) is 101 Å². The minimum atomic E-state index is -3.67. The molecule has 0 saturated carbocycles. The zero-order valence-corrected chi connectivity index (χ0v) is 56.1. The van der Waals surface area contributed by atoms with Crippen LogP contribution < -0.4 is 51.4 Å². The number of halogens is 5. The molecule has 0 radical (unpaired) electrons. The summed E-state index contributed by atoms with van der Waals surface area (Å²) in [6.45, 7) is 23.5. The molecular formula is C49H65BCl2F3KN10O20S2. The van der Waals surface area contributed by atoms with Crippen molar-refractivity contribution in [3.05, 3.63) is 138 Å². The SMILES string of the molecule is C=C(C)c1cnc(C)cn1.C=[C-]C.CCc1cnc([C@](C)(O)CO)cn1.CCc1cnc([C@](C)(O)COS(C)(=O)=O)cn1.CS(=O)(=O)Cl.Cc1cnc(Cl)cn1.Cc1cnc([C@](C)(O)CO)cn1.FB(F)F.O=C=O.O=C=O.O=C=O.O=C=O.O=C=O.[K+]. The molecular weight excluding hydrogens is 1290 g/mol. The fourth-order valence-corrected chi connectivity index (χ4v) is 4.29. The van der Waals surface area contributed by atoms with Crippen LogP contribution in [0, 0.1) is 26.8 Å². The average molecular weight is 1360 g/mol. The number of nitrogens with zero attached hydrogens (tertiary/aromatic N) is 10. The third-order valence-corrected chi connectivity index (χ3v) is 8.45. The van der Waals surface area contributed by atoms with Crippen molar-refractivity contribution >= 4 is 85.3 Å². The number of rotatable bonds is 11. The fraction of sp³-hybridized carbons (Fsp3) is 0.408. The second-order valence-electron chi connectivity index (χ2n) is 15.6. The van der Waals surface area contributed by atoms with E-state index >= 15 is 0 Å². The van der Waals surface area contributed by atoms with E-state index in [0.29, 0.717) is 16.5 Å². The van der Waals surface area contributed by atoms with Crippen molar-refractivity contribution in [3.8, 4) is 0 Å². The Labute approximate surface area is 558 Å². The van der Waals surface area contributed by atoms with E-state index in [1.54, 1.807) is 44.1 Å². The summed E-state index contributed by atoms with van der Waals surface area (Å²) >= 11 is 5.44. The van der Waals surface area contributed by atoms with Crippen molar-refractivity contribution in [1.82, 2.24) is 49.8 Å². The first kappa shape index (κ1) is 100. The van der Waals surface area contributed by atoms with Gasteiger partial charge in [-0.25, -0.2) is 13.4 Å². The van der Waals surface area contributed by atoms with E-state index in [1.165, 1.54) is 45.6 Å². The molecule has 0 bridgehead atoms. The van der Waals surface area contributed by atoms with Gasteiger partial charge in [0.1, 0.15) is 28.6 Å². The number of hydrogen-bond donors (Lipinski definition) is 5. The molecule has 0 spiro atoms. The van der Waals surface area contributed by atoms with Crippen LogP contribution in [0.3, 0.4) is 0 Å². The first-order valence-electron chi connectivity index (χ1n) is 22.9. The van der Waals surface area contributed by atoms with Gasteiger partial charge in [-0.1, -0.05) is 32.0 Å². The molecule has 0 unspecified atom stereocenters. The van der Waals surface area contributed by atoms with Crippen LogP contribution in [0.5, 0.6) is 0 Å². The molecule has 0 amide bonds. The maximum atomic E-state index is 10.8. The molecule has 39 heteroatoms. The number of aliphatic hydroxyl groups excluding tert-OH is 2. The van der Waals surface area contributed by atoms with Crippen molar-refractivity contribution in [2.24, 2.45) is 0 Å². The molecule has 0 aliphatic carbocycles. The van der Waals surface area contributed by atoms with Gasteiger partial charge >= 0.3 is 89.7 Å². The van der Waals surface area contributed by atoms with E-state index in [2.05, 4.69) is 83.9 Å². The standard InChI is InChI=1S/C10H16N2O4S.C9H14N2O2.C8H12N2O2.C8H10N2.C5H5ClN2.C3H5.CH3ClO2S.5CO2.BF3.K/c1-4-8-5-12-9(6-11-8)10(2,13)7-16-17(3,14)15;1-3-7-4-11-8(5-10-7)9(2,13)6-12;1-6-3-10-7(4-9-6)8(2,12)5-11;1-6(2)8-5-9-7(3)4-10-8;1-4-2-8-5(6)3-7-4;1-3-2;1-5(2,3)4;5*2-1-3;2-1(3)4;/h5-6,13H,4,7H2,1-3H3;4-5,12-13H,3,6H2,1-2H3;3-4,11-12H,5H2,1-2H3;4-5H,1H2,2-3H3;2-3H,1H3;1H2,2H3;1H3;;;;;;;/q;;;;;-1;;;;;;;;+1/t10-;9-;8-;;;;;;;;;;;/m111.........../s1. The number of carbonyl (C=O) groups excluding carboxylic acids is 10. The molecule has 5 heterocycles. The van der Waals surface area contributed by atoms with Crippen molar-refractivity contribution in [3.63, 3.8) is 0 Å². The third kappa shape index (κ3) is 72.0. The van der Waals surface area contributed by atoms with Crippen molar-refractivity contribution in [2.75, 3.05) is 32.3 Å². The summed E-state index contributed by atoms with van der Waals surface area (Å²) in [5.74, 6) is 0. The molecule has 5 N–H and O–H groups in total. The zero-order valence-electron chi connectivity index (χ0n) is 49.8. The minimum absolute atomic E-state index is 0. The Balaban J connectivity index is -0.000000116. The van der Waals surface area contributed by atoms with E-state index < -0.39 is 43.5 Å². The molecule has 30 nitrogen and oxygen atoms in total. The van der Waals surface area contributed by atoms with E-state index in [9.17, 15) is 45.1 Å². The van der Waals surface area contributed by atoms with Crippen LogP contribution in [0.1, 0.15) is 99.7 Å². The summed E-state index contributed by atoms with van der Waals surface area (Å²) < 4.78 is 74.0. The normalized spacial score (nSPS) is 10.9. The molecule has 3 atom stereocenters. The van der Waals surface area contributed by atoms with Gasteiger partial charge in [-0.15, -0.1) is 0 Å². The van der Waals surface area contributed by atoms with Crippen LogP contribution in [0.15, 0.2) is 75.1 Å². The summed E-state index contributed by atoms with van der Waals surface area (Å²) in [7, 11) is -5.95. The molecule has 482 valence electrons. The Kier molecular flexibility index (Phi) is 69.4. The second kappa shape index (κ2) is 60.8. The quantitative estimate of drug-likeness (QED) is 0.0497. The first-order chi connectivity index (χ1) is 40.1. The first-order valence-corrected chi connectivity index (χ1v) is 27.8. The van der Waals surface area contributed by atoms with E-state index in [0.717, 1.165) is 65.1 Å². The molecule has 5 aromatic rings. The minimum Gasteiger partial charge on any atom is -0.507 e. The van der Waals surface area contributed by atoms with Gasteiger partial charge in [-0.05, 0) is 66.9 Å². The van der Waals surface area contributed by atoms with Crippen LogP contribution in [0.25, 0.3) is 5.57 Å². The van der Waals surface area contributed by atoms with Crippen LogP contribution in [-0.4, -0.2) is 163 Å². The molecule has 0 aromatic carbocycles. The summed E-state index contributed by atoms with van der Waals surface area (Å²) in [6.07, 6.45) is 22.9. The Hall–Kier alpha value is -6.49. The Morgan fingerprint density at radius 3 is 1.03 bits per heavy atom. The van der Waals surface area contributed by atoms with E-state index in [1.807, 2.05) is 41.5 Å². The number of aryl methyl sites for hydroxylation is 5. The van der Waals surface area contributed by atoms with Gasteiger partial charge in [-0.3, -0.25) is 68.6 Å². The Morgan fingerprint density at radius 2 is 0.841 bits per heavy atom. The fourth-order valence-electron chi connectivity index (χ4n) is 3.75. The Bertz CT molecular complexity index is 2920. The summed E-state index contributed by atoms with van der Waals surface area (Å²) in [5, 5.41) is 47.3. The van der Waals surface area contributed by atoms with E-state index in [4.69, 9.17) is 69.8 Å². The van der Waals surface area contributed by atoms with Gasteiger partial charge in [0.2, 0.25) is 9.05 Å². The maximum Gasteiger partial charge on any atom is 1.00 e. The average Bonchev–Trinajstić information content (AvgIpc) is 3.51. The molecule has 0 fully saturated rings. The molecule has 5 aromatic heterocycles. The molecule has 0 saturated heterocycles. The Morgan fingerprint density at radius 1 is 0.580 bits per heavy atom. The van der Waals surface area contributed by atoms with Crippen molar-refractivity contribution < 1.29 is 159 Å².